The Morgan fingerprint density at radius 3 is 2.50 bits per heavy atom. The molecular weight excluding hydrogens is 344 g/mol. The molecular formula is C17H27BrN2O2. The lowest BCUT2D eigenvalue weighted by Crippen LogP contribution is -2.49. The molecule has 1 aliphatic heterocycles. The van der Waals surface area contributed by atoms with Crippen LogP contribution in [0.25, 0.3) is 0 Å². The van der Waals surface area contributed by atoms with Crippen molar-refractivity contribution in [1.82, 2.24) is 10.2 Å². The molecule has 1 heterocycles. The van der Waals surface area contributed by atoms with Crippen LogP contribution in [0.3, 0.4) is 0 Å². The van der Waals surface area contributed by atoms with Gasteiger partial charge in [-0.1, -0.05) is 0 Å². The zero-order valence-electron chi connectivity index (χ0n) is 13.9. The van der Waals surface area contributed by atoms with Gasteiger partial charge in [-0.2, -0.15) is 0 Å². The molecule has 0 unspecified atom stereocenters. The van der Waals surface area contributed by atoms with Crippen LogP contribution in [-0.4, -0.2) is 41.8 Å². The summed E-state index contributed by atoms with van der Waals surface area (Å²) in [7, 11) is 1.57. The number of ether oxygens (including phenoxy) is 1. The normalized spacial score (nSPS) is 17.7. The summed E-state index contributed by atoms with van der Waals surface area (Å²) in [5.74, 6) is 0.665. The number of rotatable bonds is 4. The number of halogens is 1. The van der Waals surface area contributed by atoms with Gasteiger partial charge in [0.2, 0.25) is 0 Å². The Morgan fingerprint density at radius 2 is 1.95 bits per heavy atom. The highest BCUT2D eigenvalue weighted by Crippen LogP contribution is 2.35. The van der Waals surface area contributed by atoms with Crippen LogP contribution >= 0.6 is 15.9 Å². The van der Waals surface area contributed by atoms with Crippen LogP contribution in [0.4, 0.5) is 0 Å². The fraction of sp³-hybridized carbons (Fsp3) is 0.647. The molecule has 0 aliphatic carbocycles. The Bertz CT molecular complexity index is 506. The van der Waals surface area contributed by atoms with Crippen molar-refractivity contribution in [2.45, 2.75) is 51.7 Å². The van der Waals surface area contributed by atoms with Crippen LogP contribution in [0.2, 0.25) is 0 Å². The standard InChI is InChI=1S/C17H27BrN2O2/c1-17(2,3)20-7-5-13(6-8-20)19-11-12-9-14(18)16(21)15(10-12)22-4/h9-10,13,19,21H,5-8,11H2,1-4H3. The summed E-state index contributed by atoms with van der Waals surface area (Å²) >= 11 is 3.37. The van der Waals surface area contributed by atoms with Gasteiger partial charge in [0.05, 0.1) is 11.6 Å². The second-order valence-corrected chi connectivity index (χ2v) is 7.80. The third-order valence-corrected chi connectivity index (χ3v) is 4.95. The predicted octanol–water partition coefficient (Wildman–Crippen LogP) is 3.52. The van der Waals surface area contributed by atoms with Gasteiger partial charge in [-0.3, -0.25) is 4.90 Å². The average Bonchev–Trinajstić information content (AvgIpc) is 2.48. The Labute approximate surface area is 142 Å². The molecule has 22 heavy (non-hydrogen) atoms. The Hall–Kier alpha value is -0.780. The number of phenolic OH excluding ortho intramolecular Hbond substituents is 1. The highest BCUT2D eigenvalue weighted by Gasteiger charge is 2.26. The van der Waals surface area contributed by atoms with Gasteiger partial charge in [0.1, 0.15) is 0 Å². The van der Waals surface area contributed by atoms with E-state index in [0.717, 1.165) is 25.2 Å². The molecule has 2 rings (SSSR count). The molecule has 0 amide bonds. The number of hydrogen-bond donors (Lipinski definition) is 2. The second-order valence-electron chi connectivity index (χ2n) is 6.94. The molecule has 1 saturated heterocycles. The number of phenols is 1. The largest absolute Gasteiger partial charge is 0.503 e. The van der Waals surface area contributed by atoms with Gasteiger partial charge in [-0.25, -0.2) is 0 Å². The maximum absolute atomic E-state index is 9.85. The summed E-state index contributed by atoms with van der Waals surface area (Å²) in [5.41, 5.74) is 1.37. The predicted molar refractivity (Wildman–Crippen MR) is 93.5 cm³/mol. The monoisotopic (exact) mass is 370 g/mol. The van der Waals surface area contributed by atoms with Crippen LogP contribution in [0.5, 0.6) is 11.5 Å². The fourth-order valence-corrected chi connectivity index (χ4v) is 3.39. The van der Waals surface area contributed by atoms with E-state index < -0.39 is 0 Å². The molecule has 1 aliphatic rings. The van der Waals surface area contributed by atoms with E-state index >= 15 is 0 Å². The van der Waals surface area contributed by atoms with E-state index in [4.69, 9.17) is 4.74 Å². The molecule has 124 valence electrons. The first-order valence-electron chi connectivity index (χ1n) is 7.85. The molecule has 0 bridgehead atoms. The van der Waals surface area contributed by atoms with Crippen LogP contribution in [0.15, 0.2) is 16.6 Å². The number of benzene rings is 1. The van der Waals surface area contributed by atoms with E-state index in [9.17, 15) is 5.11 Å². The Kier molecular flexibility index (Phi) is 5.75. The van der Waals surface area contributed by atoms with E-state index in [2.05, 4.69) is 46.9 Å². The van der Waals surface area contributed by atoms with Gasteiger partial charge in [-0.05, 0) is 67.2 Å². The lowest BCUT2D eigenvalue weighted by molar-refractivity contribution is 0.0960. The molecule has 1 aromatic rings. The number of hydrogen-bond acceptors (Lipinski definition) is 4. The number of methoxy groups -OCH3 is 1. The van der Waals surface area contributed by atoms with E-state index in [0.29, 0.717) is 16.3 Å². The van der Waals surface area contributed by atoms with Crippen LogP contribution < -0.4 is 10.1 Å². The number of likely N-dealkylation sites (tertiary alicyclic amines) is 1. The molecule has 2 N–H and O–H groups in total. The minimum absolute atomic E-state index is 0.157. The first-order chi connectivity index (χ1) is 10.3. The number of nitrogens with zero attached hydrogens (tertiary/aromatic N) is 1. The summed E-state index contributed by atoms with van der Waals surface area (Å²) in [6, 6.07) is 4.38. The molecule has 1 fully saturated rings. The van der Waals surface area contributed by atoms with Crippen molar-refractivity contribution in [3.05, 3.63) is 22.2 Å². The van der Waals surface area contributed by atoms with Gasteiger partial charge in [0.25, 0.3) is 0 Å². The van der Waals surface area contributed by atoms with E-state index in [1.54, 1.807) is 7.11 Å². The Balaban J connectivity index is 1.88. The minimum Gasteiger partial charge on any atom is -0.503 e. The van der Waals surface area contributed by atoms with Crippen LogP contribution in [-0.2, 0) is 6.54 Å². The van der Waals surface area contributed by atoms with E-state index in [1.807, 2.05) is 12.1 Å². The number of piperidine rings is 1. The molecule has 5 heteroatoms. The Morgan fingerprint density at radius 1 is 1.32 bits per heavy atom. The average molecular weight is 371 g/mol. The van der Waals surface area contributed by atoms with Gasteiger partial charge in [-0.15, -0.1) is 0 Å². The fourth-order valence-electron chi connectivity index (χ4n) is 2.90. The van der Waals surface area contributed by atoms with Gasteiger partial charge in [0.15, 0.2) is 11.5 Å². The molecule has 1 aromatic carbocycles. The van der Waals surface area contributed by atoms with Crippen molar-refractivity contribution in [3.63, 3.8) is 0 Å². The van der Waals surface area contributed by atoms with Crippen molar-refractivity contribution < 1.29 is 9.84 Å². The van der Waals surface area contributed by atoms with Crippen molar-refractivity contribution in [3.8, 4) is 11.5 Å². The summed E-state index contributed by atoms with van der Waals surface area (Å²) in [4.78, 5) is 2.55. The van der Waals surface area contributed by atoms with Crippen molar-refractivity contribution in [1.29, 1.82) is 0 Å². The van der Waals surface area contributed by atoms with Crippen molar-refractivity contribution in [2.75, 3.05) is 20.2 Å². The number of nitrogens with one attached hydrogen (secondary N) is 1. The summed E-state index contributed by atoms with van der Waals surface area (Å²) < 4.78 is 5.87. The lowest BCUT2D eigenvalue weighted by atomic mass is 9.98. The first-order valence-corrected chi connectivity index (χ1v) is 8.64. The zero-order valence-corrected chi connectivity index (χ0v) is 15.5. The summed E-state index contributed by atoms with van der Waals surface area (Å²) in [6.45, 7) is 9.91. The van der Waals surface area contributed by atoms with Crippen molar-refractivity contribution in [2.24, 2.45) is 0 Å². The SMILES string of the molecule is COc1cc(CNC2CCN(C(C)(C)C)CC2)cc(Br)c1O. The highest BCUT2D eigenvalue weighted by molar-refractivity contribution is 9.10. The van der Waals surface area contributed by atoms with Gasteiger partial charge in [0, 0.05) is 31.2 Å². The molecule has 0 radical (unpaired) electrons. The zero-order chi connectivity index (χ0) is 16.3. The lowest BCUT2D eigenvalue weighted by Gasteiger charge is -2.41. The van der Waals surface area contributed by atoms with E-state index in [1.165, 1.54) is 12.8 Å². The molecule has 0 spiro atoms. The smallest absolute Gasteiger partial charge is 0.172 e. The van der Waals surface area contributed by atoms with Crippen molar-refractivity contribution >= 4 is 15.9 Å². The maximum Gasteiger partial charge on any atom is 0.172 e. The highest BCUT2D eigenvalue weighted by atomic mass is 79.9. The minimum atomic E-state index is 0.157. The quantitative estimate of drug-likeness (QED) is 0.850. The molecule has 4 nitrogen and oxygen atoms in total. The molecule has 0 saturated carbocycles. The van der Waals surface area contributed by atoms with Crippen LogP contribution in [0, 0.1) is 0 Å². The first kappa shape index (κ1) is 17.6. The molecule has 0 atom stereocenters. The second kappa shape index (κ2) is 7.20. The summed E-state index contributed by atoms with van der Waals surface area (Å²) in [6.07, 6.45) is 2.35. The third kappa shape index (κ3) is 4.37. The third-order valence-electron chi connectivity index (χ3n) is 4.35. The van der Waals surface area contributed by atoms with Gasteiger partial charge < -0.3 is 15.2 Å². The maximum atomic E-state index is 9.85. The number of aromatic hydroxyl groups is 1. The summed E-state index contributed by atoms with van der Waals surface area (Å²) in [5, 5.41) is 13.5. The topological polar surface area (TPSA) is 44.7 Å². The van der Waals surface area contributed by atoms with Crippen LogP contribution in [0.1, 0.15) is 39.2 Å². The van der Waals surface area contributed by atoms with E-state index in [-0.39, 0.29) is 11.3 Å². The molecule has 0 aromatic heterocycles. The van der Waals surface area contributed by atoms with Gasteiger partial charge >= 0.3 is 0 Å².